The predicted octanol–water partition coefficient (Wildman–Crippen LogP) is 1.47. The molecular formula is C22H41N7O2. The van der Waals surface area contributed by atoms with Gasteiger partial charge in [0.15, 0.2) is 11.8 Å². The molecule has 1 aromatic heterocycles. The van der Waals surface area contributed by atoms with E-state index in [1.165, 1.54) is 0 Å². The molecular weight excluding hydrogens is 394 g/mol. The molecule has 1 aromatic rings. The molecule has 0 amide bonds. The van der Waals surface area contributed by atoms with Gasteiger partial charge in [-0.3, -0.25) is 4.90 Å². The fraction of sp³-hybridized carbons (Fsp3) is 0.864. The number of hydrogen-bond donors (Lipinski definition) is 2. The average Bonchev–Trinajstić information content (AvgIpc) is 3.10. The van der Waals surface area contributed by atoms with Crippen molar-refractivity contribution in [3.63, 3.8) is 0 Å². The second-order valence-electron chi connectivity index (χ2n) is 8.72. The molecule has 31 heavy (non-hydrogen) atoms. The Hall–Kier alpha value is -1.71. The number of aliphatic imine (C=N–C) groups is 1. The van der Waals surface area contributed by atoms with Crippen molar-refractivity contribution in [1.29, 1.82) is 0 Å². The lowest BCUT2D eigenvalue weighted by molar-refractivity contribution is -0.118. The zero-order chi connectivity index (χ0) is 22.3. The van der Waals surface area contributed by atoms with E-state index in [0.717, 1.165) is 82.7 Å². The second kappa shape index (κ2) is 11.2. The van der Waals surface area contributed by atoms with Gasteiger partial charge in [-0.1, -0.05) is 13.8 Å². The van der Waals surface area contributed by atoms with Gasteiger partial charge in [0.25, 0.3) is 0 Å². The summed E-state index contributed by atoms with van der Waals surface area (Å²) in [7, 11) is 3.81. The first-order chi connectivity index (χ1) is 15.0. The molecule has 1 aliphatic heterocycles. The van der Waals surface area contributed by atoms with E-state index in [1.807, 2.05) is 25.6 Å². The maximum atomic E-state index is 5.77. The first-order valence-electron chi connectivity index (χ1n) is 11.8. The molecule has 9 nitrogen and oxygen atoms in total. The minimum absolute atomic E-state index is 0.159. The molecule has 2 heterocycles. The maximum Gasteiger partial charge on any atom is 0.191 e. The summed E-state index contributed by atoms with van der Waals surface area (Å²) in [6.07, 6.45) is 4.57. The number of guanidine groups is 1. The number of nitrogens with one attached hydrogen (secondary N) is 2. The van der Waals surface area contributed by atoms with Crippen LogP contribution in [0.3, 0.4) is 0 Å². The van der Waals surface area contributed by atoms with Gasteiger partial charge in [0, 0.05) is 45.2 Å². The number of nitrogens with zero attached hydrogens (tertiary/aromatic N) is 5. The van der Waals surface area contributed by atoms with Crippen LogP contribution in [0.4, 0.5) is 0 Å². The highest BCUT2D eigenvalue weighted by Crippen LogP contribution is 2.48. The van der Waals surface area contributed by atoms with Crippen LogP contribution in [0.1, 0.15) is 51.2 Å². The topological polar surface area (TPSA) is 88.8 Å². The molecule has 2 N–H and O–H groups in total. The van der Waals surface area contributed by atoms with Crippen LogP contribution in [0.25, 0.3) is 0 Å². The summed E-state index contributed by atoms with van der Waals surface area (Å²) < 4.78 is 13.2. The third-order valence-corrected chi connectivity index (χ3v) is 7.31. The number of aryl methyl sites for hydroxylation is 1. The number of hydrogen-bond acceptors (Lipinski definition) is 6. The lowest BCUT2D eigenvalue weighted by Gasteiger charge is -2.55. The average molecular weight is 436 g/mol. The quantitative estimate of drug-likeness (QED) is 0.327. The summed E-state index contributed by atoms with van der Waals surface area (Å²) in [5.41, 5.74) is 0.159. The van der Waals surface area contributed by atoms with E-state index in [-0.39, 0.29) is 5.41 Å². The van der Waals surface area contributed by atoms with Crippen LogP contribution < -0.4 is 10.6 Å². The molecule has 3 rings (SSSR count). The number of methoxy groups -OCH3 is 1. The molecule has 9 heteroatoms. The third kappa shape index (κ3) is 5.56. The Balaban J connectivity index is 1.61. The Bertz CT molecular complexity index is 711. The van der Waals surface area contributed by atoms with E-state index in [0.29, 0.717) is 18.7 Å². The largest absolute Gasteiger partial charge is 0.381 e. The summed E-state index contributed by atoms with van der Waals surface area (Å²) in [5.74, 6) is 2.62. The van der Waals surface area contributed by atoms with Crippen LogP contribution in [0.15, 0.2) is 4.99 Å². The van der Waals surface area contributed by atoms with Gasteiger partial charge in [0.05, 0.1) is 19.3 Å². The molecule has 0 spiro atoms. The maximum absolute atomic E-state index is 5.77. The SMILES string of the molecule is CCC1(CC)C(NC(=NCc2nnc(C)n2C)NCCCN2CCOCC2)CC1OC. The highest BCUT2D eigenvalue weighted by molar-refractivity contribution is 5.80. The van der Waals surface area contributed by atoms with Crippen molar-refractivity contribution in [2.75, 3.05) is 46.5 Å². The Morgan fingerprint density at radius 3 is 2.61 bits per heavy atom. The second-order valence-corrected chi connectivity index (χ2v) is 8.72. The summed E-state index contributed by atoms with van der Waals surface area (Å²) in [5, 5.41) is 15.7. The van der Waals surface area contributed by atoms with E-state index in [1.54, 1.807) is 0 Å². The van der Waals surface area contributed by atoms with E-state index in [9.17, 15) is 0 Å². The molecule has 0 aromatic carbocycles. The fourth-order valence-electron chi connectivity index (χ4n) is 4.87. The molecule has 1 aliphatic carbocycles. The van der Waals surface area contributed by atoms with Crippen LogP contribution in [-0.4, -0.2) is 84.3 Å². The number of morpholine rings is 1. The summed E-state index contributed by atoms with van der Waals surface area (Å²) in [4.78, 5) is 7.32. The van der Waals surface area contributed by atoms with Crippen molar-refractivity contribution in [2.45, 2.75) is 65.1 Å². The smallest absolute Gasteiger partial charge is 0.191 e. The van der Waals surface area contributed by atoms with Crippen molar-refractivity contribution >= 4 is 5.96 Å². The number of rotatable bonds is 10. The summed E-state index contributed by atoms with van der Waals surface area (Å²) in [6, 6.07) is 0.360. The molecule has 2 aliphatic rings. The Morgan fingerprint density at radius 1 is 1.26 bits per heavy atom. The molecule has 2 atom stereocenters. The molecule has 176 valence electrons. The van der Waals surface area contributed by atoms with Gasteiger partial charge in [-0.15, -0.1) is 10.2 Å². The van der Waals surface area contributed by atoms with Crippen molar-refractivity contribution in [3.8, 4) is 0 Å². The fourth-order valence-corrected chi connectivity index (χ4v) is 4.87. The van der Waals surface area contributed by atoms with Gasteiger partial charge in [-0.05, 0) is 39.2 Å². The standard InChI is InChI=1S/C22H41N7O2/c1-6-22(7-2)18(15-19(22)30-5)25-21(24-16-20-27-26-17(3)28(20)4)23-9-8-10-29-11-13-31-14-12-29/h18-19H,6-16H2,1-5H3,(H2,23,24,25). The molecule has 1 saturated heterocycles. The normalized spacial score (nSPS) is 24.1. The first-order valence-corrected chi connectivity index (χ1v) is 11.8. The van der Waals surface area contributed by atoms with Gasteiger partial charge in [-0.25, -0.2) is 4.99 Å². The van der Waals surface area contributed by atoms with E-state index in [4.69, 9.17) is 14.5 Å². The first kappa shape index (κ1) is 23.9. The summed E-state index contributed by atoms with van der Waals surface area (Å²) in [6.45, 7) is 12.7. The lowest BCUT2D eigenvalue weighted by Crippen LogP contribution is -2.65. The van der Waals surface area contributed by atoms with Gasteiger partial charge in [0.2, 0.25) is 0 Å². The monoisotopic (exact) mass is 435 g/mol. The van der Waals surface area contributed by atoms with E-state index >= 15 is 0 Å². The van der Waals surface area contributed by atoms with Crippen molar-refractivity contribution in [3.05, 3.63) is 11.6 Å². The zero-order valence-electron chi connectivity index (χ0n) is 20.0. The Labute approximate surface area is 187 Å². The van der Waals surface area contributed by atoms with Crippen LogP contribution in [-0.2, 0) is 23.1 Å². The van der Waals surface area contributed by atoms with Gasteiger partial charge in [-0.2, -0.15) is 0 Å². The molecule has 0 bridgehead atoms. The Kier molecular flexibility index (Phi) is 8.68. The Morgan fingerprint density at radius 2 is 2.00 bits per heavy atom. The molecule has 0 radical (unpaired) electrons. The molecule has 1 saturated carbocycles. The van der Waals surface area contributed by atoms with Gasteiger partial charge in [0.1, 0.15) is 12.4 Å². The minimum Gasteiger partial charge on any atom is -0.381 e. The van der Waals surface area contributed by atoms with Crippen LogP contribution in [0, 0.1) is 12.3 Å². The van der Waals surface area contributed by atoms with Crippen molar-refractivity contribution in [2.24, 2.45) is 17.5 Å². The highest BCUT2D eigenvalue weighted by Gasteiger charge is 2.53. The van der Waals surface area contributed by atoms with E-state index in [2.05, 4.69) is 39.6 Å². The van der Waals surface area contributed by atoms with Crippen LogP contribution in [0.2, 0.25) is 0 Å². The number of aromatic nitrogens is 3. The third-order valence-electron chi connectivity index (χ3n) is 7.31. The van der Waals surface area contributed by atoms with Crippen molar-refractivity contribution in [1.82, 2.24) is 30.3 Å². The van der Waals surface area contributed by atoms with Gasteiger partial charge < -0.3 is 24.7 Å². The molecule has 2 fully saturated rings. The summed E-state index contributed by atoms with van der Waals surface area (Å²) >= 11 is 0. The van der Waals surface area contributed by atoms with Crippen LogP contribution in [0.5, 0.6) is 0 Å². The molecule has 2 unspecified atom stereocenters. The van der Waals surface area contributed by atoms with Crippen molar-refractivity contribution < 1.29 is 9.47 Å². The van der Waals surface area contributed by atoms with E-state index < -0.39 is 0 Å². The predicted molar refractivity (Wildman–Crippen MR) is 122 cm³/mol. The number of ether oxygens (including phenoxy) is 2. The van der Waals surface area contributed by atoms with Crippen LogP contribution >= 0.6 is 0 Å². The lowest BCUT2D eigenvalue weighted by atomic mass is 9.58. The van der Waals surface area contributed by atoms with Gasteiger partial charge >= 0.3 is 0 Å². The minimum atomic E-state index is 0.159. The highest BCUT2D eigenvalue weighted by atomic mass is 16.5. The zero-order valence-corrected chi connectivity index (χ0v) is 20.0.